The highest BCUT2D eigenvalue weighted by Gasteiger charge is 2.17. The maximum Gasteiger partial charge on any atom is 0.0110 e. The van der Waals surface area contributed by atoms with Crippen molar-refractivity contribution in [2.75, 3.05) is 58.9 Å². The van der Waals surface area contributed by atoms with E-state index in [1.807, 2.05) is 0 Å². The standard InChI is InChI=1S/C54H103N3/c1-4-7-10-13-16-19-22-24-26-28-30-32-35-37-40-43-46-55(47-44-41-38-36-33-31-29-27-25-23-20-17-14-11-8-5-2)49-52-57-53-50-56(51-54-57)48-45-42-39-34-21-18-15-12-9-6-3/h16-17,19-20,24-27H,4-15,18,21-23,28-54H2,1-3H3/b19-16-,20-17-,26-24-,27-25-. The lowest BCUT2D eigenvalue weighted by atomic mass is 10.1. The molecule has 0 aromatic heterocycles. The van der Waals surface area contributed by atoms with Crippen molar-refractivity contribution in [2.24, 2.45) is 0 Å². The molecule has 1 saturated heterocycles. The lowest BCUT2D eigenvalue weighted by Gasteiger charge is -2.36. The van der Waals surface area contributed by atoms with E-state index in [2.05, 4.69) is 84.1 Å². The van der Waals surface area contributed by atoms with E-state index in [1.165, 1.54) is 264 Å². The predicted octanol–water partition coefficient (Wildman–Crippen LogP) is 16.5. The van der Waals surface area contributed by atoms with Crippen LogP contribution in [0.5, 0.6) is 0 Å². The Morgan fingerprint density at radius 1 is 0.298 bits per heavy atom. The summed E-state index contributed by atoms with van der Waals surface area (Å²) in [6.07, 6.45) is 65.6. The highest BCUT2D eigenvalue weighted by Crippen LogP contribution is 2.14. The van der Waals surface area contributed by atoms with E-state index in [-0.39, 0.29) is 0 Å². The van der Waals surface area contributed by atoms with E-state index in [1.54, 1.807) is 0 Å². The predicted molar refractivity (Wildman–Crippen MR) is 260 cm³/mol. The lowest BCUT2D eigenvalue weighted by Crippen LogP contribution is -2.48. The van der Waals surface area contributed by atoms with Gasteiger partial charge in [-0.15, -0.1) is 0 Å². The molecule has 0 amide bonds. The minimum atomic E-state index is 1.12. The quantitative estimate of drug-likeness (QED) is 0.0449. The van der Waals surface area contributed by atoms with Crippen molar-refractivity contribution < 1.29 is 0 Å². The molecule has 1 aliphatic heterocycles. The van der Waals surface area contributed by atoms with Crippen LogP contribution in [0.4, 0.5) is 0 Å². The summed E-state index contributed by atoms with van der Waals surface area (Å²) >= 11 is 0. The molecule has 3 nitrogen and oxygen atoms in total. The van der Waals surface area contributed by atoms with Crippen LogP contribution in [0.2, 0.25) is 0 Å². The molecule has 0 N–H and O–H groups in total. The number of nitrogens with zero attached hydrogens (tertiary/aromatic N) is 3. The molecule has 0 aromatic rings. The van der Waals surface area contributed by atoms with Crippen LogP contribution in [-0.4, -0.2) is 73.6 Å². The van der Waals surface area contributed by atoms with Crippen LogP contribution in [0, 0.1) is 0 Å². The first-order valence-corrected chi connectivity index (χ1v) is 26.1. The molecule has 0 saturated carbocycles. The van der Waals surface area contributed by atoms with E-state index in [0.29, 0.717) is 0 Å². The molecule has 1 fully saturated rings. The number of allylic oxidation sites excluding steroid dienone is 8. The third kappa shape index (κ3) is 40.0. The second-order valence-electron chi connectivity index (χ2n) is 17.9. The fourth-order valence-electron chi connectivity index (χ4n) is 8.32. The Hall–Kier alpha value is -1.16. The molecule has 0 aliphatic carbocycles. The normalized spacial score (nSPS) is 14.7. The molecule has 1 heterocycles. The van der Waals surface area contributed by atoms with Crippen LogP contribution in [0.3, 0.4) is 0 Å². The summed E-state index contributed by atoms with van der Waals surface area (Å²) in [7, 11) is 0. The van der Waals surface area contributed by atoms with Gasteiger partial charge in [0.05, 0.1) is 0 Å². The highest BCUT2D eigenvalue weighted by atomic mass is 15.3. The van der Waals surface area contributed by atoms with Crippen LogP contribution in [0.15, 0.2) is 48.6 Å². The molecule has 334 valence electrons. The van der Waals surface area contributed by atoms with E-state index >= 15 is 0 Å². The third-order valence-corrected chi connectivity index (χ3v) is 12.4. The fourth-order valence-corrected chi connectivity index (χ4v) is 8.32. The Morgan fingerprint density at radius 2 is 0.596 bits per heavy atom. The molecule has 0 radical (unpaired) electrons. The maximum atomic E-state index is 2.85. The molecular formula is C54H103N3. The topological polar surface area (TPSA) is 9.72 Å². The summed E-state index contributed by atoms with van der Waals surface area (Å²) < 4.78 is 0. The first-order valence-electron chi connectivity index (χ1n) is 26.1. The molecule has 3 heteroatoms. The van der Waals surface area contributed by atoms with Gasteiger partial charge < -0.3 is 9.80 Å². The lowest BCUT2D eigenvalue weighted by molar-refractivity contribution is 0.116. The Kier molecular flexibility index (Phi) is 43.4. The van der Waals surface area contributed by atoms with Gasteiger partial charge in [-0.05, 0) is 103 Å². The minimum absolute atomic E-state index is 1.12. The smallest absolute Gasteiger partial charge is 0.0110 e. The molecule has 1 rings (SSSR count). The summed E-state index contributed by atoms with van der Waals surface area (Å²) in [5, 5.41) is 0. The van der Waals surface area contributed by atoms with Crippen molar-refractivity contribution in [2.45, 2.75) is 239 Å². The summed E-state index contributed by atoms with van der Waals surface area (Å²) in [6.45, 7) is 18.5. The molecule has 1 aliphatic rings. The largest absolute Gasteiger partial charge is 0.302 e. The Balaban J connectivity index is 2.23. The average Bonchev–Trinajstić information content (AvgIpc) is 3.23. The van der Waals surface area contributed by atoms with Gasteiger partial charge in [-0.3, -0.25) is 4.90 Å². The molecule has 0 atom stereocenters. The van der Waals surface area contributed by atoms with Gasteiger partial charge in [-0.1, -0.05) is 204 Å². The van der Waals surface area contributed by atoms with Crippen molar-refractivity contribution in [1.29, 1.82) is 0 Å². The molecule has 0 aromatic carbocycles. The second kappa shape index (κ2) is 45.9. The van der Waals surface area contributed by atoms with Crippen molar-refractivity contribution in [1.82, 2.24) is 14.7 Å². The third-order valence-electron chi connectivity index (χ3n) is 12.4. The van der Waals surface area contributed by atoms with Gasteiger partial charge in [0.2, 0.25) is 0 Å². The first-order chi connectivity index (χ1) is 28.3. The van der Waals surface area contributed by atoms with Crippen LogP contribution in [-0.2, 0) is 0 Å². The molecular weight excluding hydrogens is 691 g/mol. The average molecular weight is 794 g/mol. The summed E-state index contributed by atoms with van der Waals surface area (Å²) in [6, 6.07) is 0. The van der Waals surface area contributed by atoms with Crippen LogP contribution < -0.4 is 0 Å². The molecule has 0 unspecified atom stereocenters. The molecule has 0 spiro atoms. The zero-order valence-corrected chi connectivity index (χ0v) is 39.4. The van der Waals surface area contributed by atoms with E-state index < -0.39 is 0 Å². The Morgan fingerprint density at radius 3 is 1.00 bits per heavy atom. The SMILES string of the molecule is CCCCC/C=C\C/C=C\CCCCCCCCN(CCCCCCCC/C=C\C/C=C\CCCCC)CCN1CCN(CCCCCCCCCCCC)CC1. The van der Waals surface area contributed by atoms with Gasteiger partial charge in [0.25, 0.3) is 0 Å². The Labute approximate surface area is 360 Å². The van der Waals surface area contributed by atoms with Crippen molar-refractivity contribution >= 4 is 0 Å². The van der Waals surface area contributed by atoms with E-state index in [0.717, 1.165) is 12.8 Å². The van der Waals surface area contributed by atoms with Gasteiger partial charge >= 0.3 is 0 Å². The first kappa shape index (κ1) is 53.9. The maximum absolute atomic E-state index is 2.85. The number of hydrogen-bond donors (Lipinski definition) is 0. The fraction of sp³-hybridized carbons (Fsp3) is 0.852. The van der Waals surface area contributed by atoms with Gasteiger partial charge in [-0.25, -0.2) is 0 Å². The van der Waals surface area contributed by atoms with Gasteiger partial charge in [0, 0.05) is 39.3 Å². The van der Waals surface area contributed by atoms with Crippen LogP contribution in [0.25, 0.3) is 0 Å². The monoisotopic (exact) mass is 794 g/mol. The second-order valence-corrected chi connectivity index (χ2v) is 17.9. The number of unbranched alkanes of at least 4 members (excludes halogenated alkanes) is 27. The van der Waals surface area contributed by atoms with Crippen LogP contribution in [0.1, 0.15) is 239 Å². The number of hydrogen-bond acceptors (Lipinski definition) is 3. The summed E-state index contributed by atoms with van der Waals surface area (Å²) in [4.78, 5) is 8.38. The summed E-state index contributed by atoms with van der Waals surface area (Å²) in [5.74, 6) is 0. The van der Waals surface area contributed by atoms with Crippen molar-refractivity contribution in [3.8, 4) is 0 Å². The van der Waals surface area contributed by atoms with Gasteiger partial charge in [0.15, 0.2) is 0 Å². The Bertz CT molecular complexity index is 833. The number of rotatable bonds is 44. The van der Waals surface area contributed by atoms with Crippen molar-refractivity contribution in [3.63, 3.8) is 0 Å². The van der Waals surface area contributed by atoms with E-state index in [4.69, 9.17) is 0 Å². The minimum Gasteiger partial charge on any atom is -0.302 e. The van der Waals surface area contributed by atoms with Crippen LogP contribution >= 0.6 is 0 Å². The van der Waals surface area contributed by atoms with Gasteiger partial charge in [-0.2, -0.15) is 0 Å². The number of piperazine rings is 1. The summed E-state index contributed by atoms with van der Waals surface area (Å²) in [5.41, 5.74) is 0. The molecule has 57 heavy (non-hydrogen) atoms. The van der Waals surface area contributed by atoms with Crippen molar-refractivity contribution in [3.05, 3.63) is 48.6 Å². The molecule has 0 bridgehead atoms. The zero-order valence-electron chi connectivity index (χ0n) is 39.4. The zero-order chi connectivity index (χ0) is 40.8. The van der Waals surface area contributed by atoms with E-state index in [9.17, 15) is 0 Å². The highest BCUT2D eigenvalue weighted by molar-refractivity contribution is 4.93. The van der Waals surface area contributed by atoms with Gasteiger partial charge in [0.1, 0.15) is 0 Å².